The zero-order chi connectivity index (χ0) is 17.1. The lowest BCUT2D eigenvalue weighted by Crippen LogP contribution is -2.28. The van der Waals surface area contributed by atoms with Crippen molar-refractivity contribution in [1.29, 1.82) is 0 Å². The van der Waals surface area contributed by atoms with E-state index in [1.165, 1.54) is 0 Å². The quantitative estimate of drug-likeness (QED) is 0.691. The molecule has 4 nitrogen and oxygen atoms in total. The molecule has 0 aliphatic rings. The van der Waals surface area contributed by atoms with Crippen molar-refractivity contribution >= 4 is 10.9 Å². The molecule has 0 aliphatic carbocycles. The number of hydrogen-bond donors (Lipinski definition) is 0. The zero-order valence-electron chi connectivity index (χ0n) is 14.9. The van der Waals surface area contributed by atoms with Crippen LogP contribution in [-0.4, -0.2) is 49.0 Å². The number of nitrogens with zero attached hydrogens (tertiary/aromatic N) is 3. The molecule has 0 spiro atoms. The largest absolute Gasteiger partial charge is 0.460 e. The van der Waals surface area contributed by atoms with Crippen LogP contribution in [0.4, 0.5) is 0 Å². The molecule has 0 unspecified atom stereocenters. The van der Waals surface area contributed by atoms with Crippen LogP contribution in [0.5, 0.6) is 0 Å². The van der Waals surface area contributed by atoms with Crippen molar-refractivity contribution in [2.75, 3.05) is 34.2 Å². The van der Waals surface area contributed by atoms with Crippen molar-refractivity contribution < 1.29 is 4.42 Å². The Morgan fingerprint density at radius 3 is 2.58 bits per heavy atom. The Labute approximate surface area is 143 Å². The normalized spacial score (nSPS) is 11.8. The van der Waals surface area contributed by atoms with Gasteiger partial charge in [-0.2, -0.15) is 0 Å². The SMILES string of the molecule is Cc1ccc2cc(-c3ccc(CN(C)CCN(C)C)o3)ccc2n1. The first-order valence-electron chi connectivity index (χ1n) is 8.31. The van der Waals surface area contributed by atoms with E-state index in [2.05, 4.69) is 72.3 Å². The summed E-state index contributed by atoms with van der Waals surface area (Å²) in [5.41, 5.74) is 3.15. The monoisotopic (exact) mass is 323 g/mol. The molecule has 0 bridgehead atoms. The summed E-state index contributed by atoms with van der Waals surface area (Å²) in [6.07, 6.45) is 0. The van der Waals surface area contributed by atoms with E-state index >= 15 is 0 Å². The summed E-state index contributed by atoms with van der Waals surface area (Å²) in [6, 6.07) is 14.5. The summed E-state index contributed by atoms with van der Waals surface area (Å²) in [4.78, 5) is 9.01. The number of aromatic nitrogens is 1. The average Bonchev–Trinajstić information content (AvgIpc) is 3.01. The van der Waals surface area contributed by atoms with E-state index in [-0.39, 0.29) is 0 Å². The van der Waals surface area contributed by atoms with E-state index < -0.39 is 0 Å². The van der Waals surface area contributed by atoms with Gasteiger partial charge in [-0.1, -0.05) is 6.07 Å². The van der Waals surface area contributed by atoms with Gasteiger partial charge in [-0.25, -0.2) is 0 Å². The van der Waals surface area contributed by atoms with Gasteiger partial charge in [-0.05, 0) is 64.5 Å². The van der Waals surface area contributed by atoms with Gasteiger partial charge in [0.1, 0.15) is 11.5 Å². The molecule has 2 heterocycles. The lowest BCUT2D eigenvalue weighted by Gasteiger charge is -2.17. The standard InChI is InChI=1S/C20H25N3O/c1-15-5-6-16-13-17(7-9-19(16)21-15)20-10-8-18(24-20)14-23(4)12-11-22(2)3/h5-10,13H,11-12,14H2,1-4H3. The number of rotatable bonds is 6. The van der Waals surface area contributed by atoms with Crippen LogP contribution < -0.4 is 0 Å². The van der Waals surface area contributed by atoms with Crippen molar-refractivity contribution in [3.8, 4) is 11.3 Å². The molecule has 0 atom stereocenters. The Kier molecular flexibility index (Phi) is 4.97. The molecule has 0 saturated heterocycles. The number of fused-ring (bicyclic) bond motifs is 1. The molecule has 3 aromatic rings. The predicted octanol–water partition coefficient (Wildman–Crippen LogP) is 3.80. The topological polar surface area (TPSA) is 32.5 Å². The summed E-state index contributed by atoms with van der Waals surface area (Å²) < 4.78 is 6.04. The highest BCUT2D eigenvalue weighted by atomic mass is 16.3. The van der Waals surface area contributed by atoms with E-state index in [4.69, 9.17) is 4.42 Å². The van der Waals surface area contributed by atoms with Gasteiger partial charge in [-0.15, -0.1) is 0 Å². The average molecular weight is 323 g/mol. The van der Waals surface area contributed by atoms with Crippen LogP contribution in [0.3, 0.4) is 0 Å². The lowest BCUT2D eigenvalue weighted by molar-refractivity contribution is 0.259. The second kappa shape index (κ2) is 7.16. The maximum atomic E-state index is 6.04. The van der Waals surface area contributed by atoms with Crippen LogP contribution in [0, 0.1) is 6.92 Å². The molecule has 0 radical (unpaired) electrons. The van der Waals surface area contributed by atoms with Gasteiger partial charge in [0.05, 0.1) is 12.1 Å². The minimum atomic E-state index is 0.822. The number of hydrogen-bond acceptors (Lipinski definition) is 4. The number of likely N-dealkylation sites (N-methyl/N-ethyl adjacent to an activating group) is 2. The van der Waals surface area contributed by atoms with E-state index in [0.717, 1.165) is 53.3 Å². The van der Waals surface area contributed by atoms with E-state index in [1.54, 1.807) is 0 Å². The molecule has 0 fully saturated rings. The van der Waals surface area contributed by atoms with Gasteiger partial charge in [0.2, 0.25) is 0 Å². The molecular weight excluding hydrogens is 298 g/mol. The van der Waals surface area contributed by atoms with E-state index in [1.807, 2.05) is 13.0 Å². The fourth-order valence-corrected chi connectivity index (χ4v) is 2.71. The minimum absolute atomic E-state index is 0.822. The molecule has 126 valence electrons. The highest BCUT2D eigenvalue weighted by Crippen LogP contribution is 2.26. The van der Waals surface area contributed by atoms with Crippen molar-refractivity contribution in [1.82, 2.24) is 14.8 Å². The van der Waals surface area contributed by atoms with Crippen LogP contribution in [-0.2, 0) is 6.54 Å². The van der Waals surface area contributed by atoms with Crippen molar-refractivity contribution in [2.45, 2.75) is 13.5 Å². The Balaban J connectivity index is 1.74. The lowest BCUT2D eigenvalue weighted by atomic mass is 10.1. The highest BCUT2D eigenvalue weighted by molar-refractivity contribution is 5.83. The van der Waals surface area contributed by atoms with Gasteiger partial charge in [0.15, 0.2) is 0 Å². The Morgan fingerprint density at radius 1 is 0.958 bits per heavy atom. The molecule has 24 heavy (non-hydrogen) atoms. The smallest absolute Gasteiger partial charge is 0.134 e. The van der Waals surface area contributed by atoms with Crippen molar-refractivity contribution in [3.05, 3.63) is 53.9 Å². The summed E-state index contributed by atoms with van der Waals surface area (Å²) in [5, 5.41) is 1.14. The first-order valence-corrected chi connectivity index (χ1v) is 8.31. The van der Waals surface area contributed by atoms with Crippen LogP contribution in [0.2, 0.25) is 0 Å². The van der Waals surface area contributed by atoms with Gasteiger partial charge in [-0.3, -0.25) is 9.88 Å². The number of aryl methyl sites for hydroxylation is 1. The van der Waals surface area contributed by atoms with Crippen LogP contribution >= 0.6 is 0 Å². The molecule has 0 saturated carbocycles. The first kappa shape index (κ1) is 16.7. The zero-order valence-corrected chi connectivity index (χ0v) is 14.9. The van der Waals surface area contributed by atoms with Gasteiger partial charge < -0.3 is 9.32 Å². The molecular formula is C20H25N3O. The number of furan rings is 1. The fourth-order valence-electron chi connectivity index (χ4n) is 2.71. The molecule has 0 aliphatic heterocycles. The number of benzene rings is 1. The molecule has 2 aromatic heterocycles. The maximum Gasteiger partial charge on any atom is 0.134 e. The molecule has 4 heteroatoms. The first-order chi connectivity index (χ1) is 11.5. The van der Waals surface area contributed by atoms with E-state index in [9.17, 15) is 0 Å². The maximum absolute atomic E-state index is 6.04. The second-order valence-corrected chi connectivity index (χ2v) is 6.67. The summed E-state index contributed by atoms with van der Waals surface area (Å²) in [6.45, 7) is 4.90. The molecule has 0 N–H and O–H groups in total. The van der Waals surface area contributed by atoms with Crippen LogP contribution in [0.1, 0.15) is 11.5 Å². The highest BCUT2D eigenvalue weighted by Gasteiger charge is 2.08. The third kappa shape index (κ3) is 4.02. The van der Waals surface area contributed by atoms with Gasteiger partial charge in [0.25, 0.3) is 0 Å². The van der Waals surface area contributed by atoms with Gasteiger partial charge in [0, 0.05) is 29.7 Å². The van der Waals surface area contributed by atoms with Crippen LogP contribution in [0.25, 0.3) is 22.2 Å². The minimum Gasteiger partial charge on any atom is -0.460 e. The summed E-state index contributed by atoms with van der Waals surface area (Å²) in [7, 11) is 6.31. The molecule has 3 rings (SSSR count). The van der Waals surface area contributed by atoms with Crippen molar-refractivity contribution in [2.24, 2.45) is 0 Å². The summed E-state index contributed by atoms with van der Waals surface area (Å²) in [5.74, 6) is 1.90. The van der Waals surface area contributed by atoms with Gasteiger partial charge >= 0.3 is 0 Å². The van der Waals surface area contributed by atoms with Crippen molar-refractivity contribution in [3.63, 3.8) is 0 Å². The van der Waals surface area contributed by atoms with Crippen LogP contribution in [0.15, 0.2) is 46.9 Å². The Bertz CT molecular complexity index is 823. The second-order valence-electron chi connectivity index (χ2n) is 6.67. The van der Waals surface area contributed by atoms with E-state index in [0.29, 0.717) is 0 Å². The molecule has 1 aromatic carbocycles. The third-order valence-electron chi connectivity index (χ3n) is 4.13. The predicted molar refractivity (Wildman–Crippen MR) is 99.1 cm³/mol. The molecule has 0 amide bonds. The number of pyridine rings is 1. The Hall–Kier alpha value is -2.17. The third-order valence-corrected chi connectivity index (χ3v) is 4.13. The Morgan fingerprint density at radius 2 is 1.79 bits per heavy atom. The fraction of sp³-hybridized carbons (Fsp3) is 0.350. The summed E-state index contributed by atoms with van der Waals surface area (Å²) >= 11 is 0.